The lowest BCUT2D eigenvalue weighted by molar-refractivity contribution is -0.122. The standard InChI is InChI=1S/C24H41N5O2/c1-3-13-25-23(30)18-29-15-11-20(12-16-29)27-24(26-14-10-21-8-6-17-31-21)28-22-9-5-4-7-19(22)2/h6,8,17,19-20,22H,3-5,7,9-16,18H2,1-2H3,(H,25,30)(H2,26,27,28). The molecule has 2 aliphatic rings. The van der Waals surface area contributed by atoms with Gasteiger partial charge in [-0.3, -0.25) is 14.7 Å². The van der Waals surface area contributed by atoms with E-state index in [0.29, 0.717) is 31.1 Å². The Kier molecular flexibility index (Phi) is 9.72. The van der Waals surface area contributed by atoms with E-state index in [1.165, 1.54) is 25.7 Å². The minimum atomic E-state index is 0.140. The van der Waals surface area contributed by atoms with E-state index in [2.05, 4.69) is 34.7 Å². The van der Waals surface area contributed by atoms with E-state index in [1.54, 1.807) is 6.26 Å². The average molecular weight is 432 g/mol. The molecule has 1 aromatic rings. The number of nitrogens with zero attached hydrogens (tertiary/aromatic N) is 2. The van der Waals surface area contributed by atoms with E-state index in [-0.39, 0.29) is 5.91 Å². The summed E-state index contributed by atoms with van der Waals surface area (Å²) >= 11 is 0. The minimum absolute atomic E-state index is 0.140. The summed E-state index contributed by atoms with van der Waals surface area (Å²) in [6, 6.07) is 4.82. The molecular weight excluding hydrogens is 390 g/mol. The highest BCUT2D eigenvalue weighted by atomic mass is 16.3. The van der Waals surface area contributed by atoms with Gasteiger partial charge in [-0.2, -0.15) is 0 Å². The second-order valence-electron chi connectivity index (χ2n) is 9.12. The van der Waals surface area contributed by atoms with Gasteiger partial charge in [0, 0.05) is 44.7 Å². The van der Waals surface area contributed by atoms with Gasteiger partial charge in [-0.1, -0.05) is 26.7 Å². The summed E-state index contributed by atoms with van der Waals surface area (Å²) in [5.41, 5.74) is 0. The molecule has 3 N–H and O–H groups in total. The van der Waals surface area contributed by atoms with Crippen molar-refractivity contribution in [3.05, 3.63) is 24.2 Å². The number of carbonyl (C=O) groups is 1. The molecule has 1 aromatic heterocycles. The Balaban J connectivity index is 1.49. The van der Waals surface area contributed by atoms with Gasteiger partial charge in [-0.25, -0.2) is 0 Å². The number of amides is 1. The zero-order valence-corrected chi connectivity index (χ0v) is 19.4. The normalized spacial score (nSPS) is 23.5. The summed E-state index contributed by atoms with van der Waals surface area (Å²) in [5, 5.41) is 10.4. The predicted molar refractivity (Wildman–Crippen MR) is 125 cm³/mol. The molecule has 1 aliphatic carbocycles. The van der Waals surface area contributed by atoms with E-state index >= 15 is 0 Å². The molecule has 1 aliphatic heterocycles. The molecule has 31 heavy (non-hydrogen) atoms. The second kappa shape index (κ2) is 12.7. The smallest absolute Gasteiger partial charge is 0.234 e. The molecule has 174 valence electrons. The number of furan rings is 1. The van der Waals surface area contributed by atoms with Crippen molar-refractivity contribution in [2.75, 3.05) is 32.7 Å². The first-order valence-corrected chi connectivity index (χ1v) is 12.2. The van der Waals surface area contributed by atoms with E-state index in [0.717, 1.165) is 57.0 Å². The Bertz CT molecular complexity index is 668. The number of guanidine groups is 1. The van der Waals surface area contributed by atoms with E-state index in [4.69, 9.17) is 9.41 Å². The molecule has 7 nitrogen and oxygen atoms in total. The van der Waals surface area contributed by atoms with Gasteiger partial charge in [0.05, 0.1) is 12.8 Å². The zero-order chi connectivity index (χ0) is 21.9. The average Bonchev–Trinajstić information content (AvgIpc) is 3.29. The summed E-state index contributed by atoms with van der Waals surface area (Å²) in [6.45, 7) is 8.29. The summed E-state index contributed by atoms with van der Waals surface area (Å²) in [4.78, 5) is 19.1. The first-order valence-electron chi connectivity index (χ1n) is 12.2. The minimum Gasteiger partial charge on any atom is -0.469 e. The van der Waals surface area contributed by atoms with Crippen molar-refractivity contribution in [3.8, 4) is 0 Å². The molecular formula is C24H41N5O2. The van der Waals surface area contributed by atoms with Gasteiger partial charge in [-0.15, -0.1) is 0 Å². The molecule has 3 rings (SSSR count). The number of aliphatic imine (C=N–C) groups is 1. The molecule has 2 unspecified atom stereocenters. The highest BCUT2D eigenvalue weighted by molar-refractivity contribution is 5.80. The van der Waals surface area contributed by atoms with Gasteiger partial charge in [0.25, 0.3) is 0 Å². The number of hydrogen-bond acceptors (Lipinski definition) is 4. The number of likely N-dealkylation sites (tertiary alicyclic amines) is 1. The Morgan fingerprint density at radius 2 is 2.00 bits per heavy atom. The second-order valence-corrected chi connectivity index (χ2v) is 9.12. The fourth-order valence-corrected chi connectivity index (χ4v) is 4.52. The molecule has 0 radical (unpaired) electrons. The zero-order valence-electron chi connectivity index (χ0n) is 19.4. The van der Waals surface area contributed by atoms with Crippen molar-refractivity contribution in [3.63, 3.8) is 0 Å². The number of nitrogens with one attached hydrogen (secondary N) is 3. The van der Waals surface area contributed by atoms with Crippen molar-refractivity contribution in [2.24, 2.45) is 10.9 Å². The van der Waals surface area contributed by atoms with Crippen LogP contribution in [-0.4, -0.2) is 61.6 Å². The maximum absolute atomic E-state index is 12.0. The molecule has 2 heterocycles. The number of hydrogen-bond donors (Lipinski definition) is 3. The van der Waals surface area contributed by atoms with Gasteiger partial charge < -0.3 is 20.4 Å². The number of rotatable bonds is 9. The maximum Gasteiger partial charge on any atom is 0.234 e. The summed E-state index contributed by atoms with van der Waals surface area (Å²) in [6.07, 6.45) is 10.7. The van der Waals surface area contributed by atoms with Crippen molar-refractivity contribution >= 4 is 11.9 Å². The molecule has 0 bridgehead atoms. The van der Waals surface area contributed by atoms with E-state index < -0.39 is 0 Å². The third-order valence-corrected chi connectivity index (χ3v) is 6.51. The van der Waals surface area contributed by atoms with Crippen LogP contribution in [0, 0.1) is 5.92 Å². The Labute approximate surface area is 187 Å². The SMILES string of the molecule is CCCNC(=O)CN1CCC(NC(=NCCc2ccco2)NC2CCCCC2C)CC1. The predicted octanol–water partition coefficient (Wildman–Crippen LogP) is 2.93. The fourth-order valence-electron chi connectivity index (χ4n) is 4.52. The summed E-state index contributed by atoms with van der Waals surface area (Å²) < 4.78 is 5.45. The monoisotopic (exact) mass is 431 g/mol. The Morgan fingerprint density at radius 1 is 1.19 bits per heavy atom. The van der Waals surface area contributed by atoms with E-state index in [1.807, 2.05) is 12.1 Å². The van der Waals surface area contributed by atoms with Crippen molar-refractivity contribution in [1.82, 2.24) is 20.9 Å². The summed E-state index contributed by atoms with van der Waals surface area (Å²) in [5.74, 6) is 2.73. The molecule has 1 saturated heterocycles. The molecule has 2 fully saturated rings. The lowest BCUT2D eigenvalue weighted by Gasteiger charge is -2.35. The van der Waals surface area contributed by atoms with Crippen LogP contribution in [0.15, 0.2) is 27.8 Å². The van der Waals surface area contributed by atoms with Crippen LogP contribution in [-0.2, 0) is 11.2 Å². The topological polar surface area (TPSA) is 81.9 Å². The van der Waals surface area contributed by atoms with Crippen LogP contribution in [0.4, 0.5) is 0 Å². The van der Waals surface area contributed by atoms with Crippen LogP contribution in [0.5, 0.6) is 0 Å². The third-order valence-electron chi connectivity index (χ3n) is 6.51. The molecule has 1 saturated carbocycles. The highest BCUT2D eigenvalue weighted by Gasteiger charge is 2.25. The summed E-state index contributed by atoms with van der Waals surface area (Å²) in [7, 11) is 0. The van der Waals surface area contributed by atoms with Crippen molar-refractivity contribution < 1.29 is 9.21 Å². The maximum atomic E-state index is 12.0. The van der Waals surface area contributed by atoms with Gasteiger partial charge in [0.1, 0.15) is 5.76 Å². The van der Waals surface area contributed by atoms with Crippen LogP contribution in [0.1, 0.15) is 64.6 Å². The Morgan fingerprint density at radius 3 is 2.71 bits per heavy atom. The highest BCUT2D eigenvalue weighted by Crippen LogP contribution is 2.23. The van der Waals surface area contributed by atoms with Gasteiger partial charge in [-0.05, 0) is 50.2 Å². The number of carbonyl (C=O) groups excluding carboxylic acids is 1. The molecule has 1 amide bonds. The van der Waals surface area contributed by atoms with Gasteiger partial charge >= 0.3 is 0 Å². The third kappa shape index (κ3) is 8.20. The first kappa shape index (κ1) is 23.6. The lowest BCUT2D eigenvalue weighted by atomic mass is 9.86. The van der Waals surface area contributed by atoms with Gasteiger partial charge in [0.2, 0.25) is 5.91 Å². The van der Waals surface area contributed by atoms with Crippen molar-refractivity contribution in [1.29, 1.82) is 0 Å². The molecule has 7 heteroatoms. The molecule has 0 spiro atoms. The number of piperidine rings is 1. The lowest BCUT2D eigenvalue weighted by Crippen LogP contribution is -2.53. The van der Waals surface area contributed by atoms with Gasteiger partial charge in [0.15, 0.2) is 5.96 Å². The molecule has 0 aromatic carbocycles. The van der Waals surface area contributed by atoms with Crippen LogP contribution in [0.2, 0.25) is 0 Å². The van der Waals surface area contributed by atoms with Crippen molar-refractivity contribution in [2.45, 2.75) is 77.3 Å². The fraction of sp³-hybridized carbons (Fsp3) is 0.750. The van der Waals surface area contributed by atoms with Crippen LogP contribution in [0.25, 0.3) is 0 Å². The van der Waals surface area contributed by atoms with Crippen LogP contribution >= 0.6 is 0 Å². The van der Waals surface area contributed by atoms with Crippen LogP contribution in [0.3, 0.4) is 0 Å². The first-order chi connectivity index (χ1) is 15.1. The van der Waals surface area contributed by atoms with E-state index in [9.17, 15) is 4.79 Å². The largest absolute Gasteiger partial charge is 0.469 e. The quantitative estimate of drug-likeness (QED) is 0.414. The molecule has 2 atom stereocenters. The Hall–Kier alpha value is -2.02. The van der Waals surface area contributed by atoms with Crippen LogP contribution < -0.4 is 16.0 Å².